The number of rotatable bonds is 10. The zero-order chi connectivity index (χ0) is 17.9. The van der Waals surface area contributed by atoms with Crippen LogP contribution in [0.4, 0.5) is 0 Å². The average molecular weight is 362 g/mol. The highest BCUT2D eigenvalue weighted by molar-refractivity contribution is 6.30. The Bertz CT molecular complexity index is 631. The highest BCUT2D eigenvalue weighted by Crippen LogP contribution is 2.15. The van der Waals surface area contributed by atoms with E-state index in [0.29, 0.717) is 31.2 Å². The summed E-state index contributed by atoms with van der Waals surface area (Å²) in [5, 5.41) is 0.698. The molecule has 5 heteroatoms. The molecule has 0 atom stereocenters. The van der Waals surface area contributed by atoms with Gasteiger partial charge in [0.05, 0.1) is 19.6 Å². The third-order valence-corrected chi connectivity index (χ3v) is 3.98. The number of halogens is 1. The van der Waals surface area contributed by atoms with Gasteiger partial charge in [-0.3, -0.25) is 4.79 Å². The maximum Gasteiger partial charge on any atom is 0.225 e. The van der Waals surface area contributed by atoms with Crippen molar-refractivity contribution in [1.82, 2.24) is 4.90 Å². The number of nitrogens with zero attached hydrogens (tertiary/aromatic N) is 1. The van der Waals surface area contributed by atoms with Crippen LogP contribution in [-0.2, 0) is 4.79 Å². The first kappa shape index (κ1) is 19.1. The molecule has 2 aromatic rings. The Morgan fingerprint density at radius 2 is 1.56 bits per heavy atom. The minimum Gasteiger partial charge on any atom is -0.494 e. The van der Waals surface area contributed by atoms with Gasteiger partial charge in [-0.05, 0) is 49.2 Å². The van der Waals surface area contributed by atoms with Crippen molar-refractivity contribution < 1.29 is 14.3 Å². The smallest absolute Gasteiger partial charge is 0.225 e. The van der Waals surface area contributed by atoms with Crippen molar-refractivity contribution in [2.75, 3.05) is 26.8 Å². The van der Waals surface area contributed by atoms with Gasteiger partial charge < -0.3 is 14.4 Å². The number of hydrogen-bond donors (Lipinski definition) is 0. The van der Waals surface area contributed by atoms with E-state index in [2.05, 4.69) is 0 Å². The molecule has 4 nitrogen and oxygen atoms in total. The number of carbonyl (C=O) groups is 1. The zero-order valence-electron chi connectivity index (χ0n) is 14.5. The molecule has 0 heterocycles. The molecule has 134 valence electrons. The van der Waals surface area contributed by atoms with Crippen molar-refractivity contribution in [1.29, 1.82) is 0 Å². The summed E-state index contributed by atoms with van der Waals surface area (Å²) in [5.41, 5.74) is 0. The summed E-state index contributed by atoms with van der Waals surface area (Å²) >= 11 is 5.83. The summed E-state index contributed by atoms with van der Waals surface area (Å²) in [6.07, 6.45) is 2.17. The van der Waals surface area contributed by atoms with Crippen LogP contribution in [0.25, 0.3) is 0 Å². The van der Waals surface area contributed by atoms with Crippen LogP contribution in [-0.4, -0.2) is 37.6 Å². The second-order valence-corrected chi connectivity index (χ2v) is 6.17. The average Bonchev–Trinajstić information content (AvgIpc) is 2.63. The number of unbranched alkanes of at least 4 members (excludes halogenated alkanes) is 1. The van der Waals surface area contributed by atoms with Crippen molar-refractivity contribution >= 4 is 17.5 Å². The number of carbonyl (C=O) groups excluding carboxylic acids is 1. The fourth-order valence-corrected chi connectivity index (χ4v) is 2.39. The Balaban J connectivity index is 1.54. The number of amides is 1. The van der Waals surface area contributed by atoms with E-state index < -0.39 is 0 Å². The summed E-state index contributed by atoms with van der Waals surface area (Å²) < 4.78 is 11.2. The number of benzene rings is 2. The van der Waals surface area contributed by atoms with Crippen LogP contribution in [0.5, 0.6) is 11.5 Å². The summed E-state index contributed by atoms with van der Waals surface area (Å²) in [6, 6.07) is 16.8. The van der Waals surface area contributed by atoms with Gasteiger partial charge in [-0.1, -0.05) is 29.8 Å². The molecular weight excluding hydrogens is 338 g/mol. The minimum atomic E-state index is 0.0922. The van der Waals surface area contributed by atoms with Crippen molar-refractivity contribution in [3.8, 4) is 11.5 Å². The van der Waals surface area contributed by atoms with Gasteiger partial charge >= 0.3 is 0 Å². The fourth-order valence-electron chi connectivity index (χ4n) is 2.26. The van der Waals surface area contributed by atoms with Crippen LogP contribution in [0.3, 0.4) is 0 Å². The van der Waals surface area contributed by atoms with Gasteiger partial charge in [0.1, 0.15) is 11.5 Å². The summed E-state index contributed by atoms with van der Waals surface area (Å²) in [7, 11) is 1.82. The van der Waals surface area contributed by atoms with Crippen LogP contribution in [0, 0.1) is 0 Å². The maximum absolute atomic E-state index is 12.1. The Hall–Kier alpha value is -2.20. The minimum absolute atomic E-state index is 0.0922. The molecule has 1 amide bonds. The lowest BCUT2D eigenvalue weighted by Crippen LogP contribution is -2.29. The molecule has 2 aromatic carbocycles. The van der Waals surface area contributed by atoms with E-state index in [9.17, 15) is 4.79 Å². The van der Waals surface area contributed by atoms with E-state index in [0.717, 1.165) is 24.3 Å². The number of para-hydroxylation sites is 1. The third kappa shape index (κ3) is 7.48. The van der Waals surface area contributed by atoms with Gasteiger partial charge in [-0.25, -0.2) is 0 Å². The molecule has 0 unspecified atom stereocenters. The molecule has 0 aliphatic carbocycles. The lowest BCUT2D eigenvalue weighted by molar-refractivity contribution is -0.130. The molecular formula is C20H24ClNO3. The van der Waals surface area contributed by atoms with Gasteiger partial charge in [-0.15, -0.1) is 0 Å². The Morgan fingerprint density at radius 3 is 2.28 bits per heavy atom. The molecule has 25 heavy (non-hydrogen) atoms. The summed E-state index contributed by atoms with van der Waals surface area (Å²) in [6.45, 7) is 1.74. The van der Waals surface area contributed by atoms with Gasteiger partial charge in [0.15, 0.2) is 0 Å². The quantitative estimate of drug-likeness (QED) is 0.588. The predicted octanol–water partition coefficient (Wildman–Crippen LogP) is 4.43. The van der Waals surface area contributed by atoms with Gasteiger partial charge in [0.25, 0.3) is 0 Å². The van der Waals surface area contributed by atoms with Crippen molar-refractivity contribution in [2.45, 2.75) is 19.3 Å². The molecule has 0 aliphatic rings. The van der Waals surface area contributed by atoms with Crippen molar-refractivity contribution in [3.63, 3.8) is 0 Å². The topological polar surface area (TPSA) is 38.8 Å². The molecule has 0 saturated carbocycles. The normalized spacial score (nSPS) is 10.3. The first-order valence-corrected chi connectivity index (χ1v) is 8.83. The first-order chi connectivity index (χ1) is 12.1. The predicted molar refractivity (Wildman–Crippen MR) is 100 cm³/mol. The highest BCUT2D eigenvalue weighted by atomic mass is 35.5. The molecule has 0 N–H and O–H groups in total. The molecule has 0 fully saturated rings. The van der Waals surface area contributed by atoms with Crippen LogP contribution < -0.4 is 9.47 Å². The second kappa shape index (κ2) is 10.6. The molecule has 0 radical (unpaired) electrons. The van der Waals surface area contributed by atoms with E-state index in [-0.39, 0.29) is 5.91 Å². The lowest BCUT2D eigenvalue weighted by atomic mass is 10.3. The maximum atomic E-state index is 12.1. The van der Waals surface area contributed by atoms with Gasteiger partial charge in [0, 0.05) is 18.6 Å². The lowest BCUT2D eigenvalue weighted by Gasteiger charge is -2.17. The highest BCUT2D eigenvalue weighted by Gasteiger charge is 2.08. The van der Waals surface area contributed by atoms with E-state index in [4.69, 9.17) is 21.1 Å². The van der Waals surface area contributed by atoms with E-state index in [1.54, 1.807) is 17.0 Å². The monoisotopic (exact) mass is 361 g/mol. The Labute approximate surface area is 154 Å². The van der Waals surface area contributed by atoms with Crippen LogP contribution in [0.15, 0.2) is 54.6 Å². The van der Waals surface area contributed by atoms with Gasteiger partial charge in [-0.2, -0.15) is 0 Å². The number of ether oxygens (including phenoxy) is 2. The zero-order valence-corrected chi connectivity index (χ0v) is 15.2. The van der Waals surface area contributed by atoms with E-state index in [1.807, 2.05) is 49.5 Å². The SMILES string of the molecule is CN(CCCCOc1ccc(Cl)cc1)C(=O)CCOc1ccccc1. The second-order valence-electron chi connectivity index (χ2n) is 5.74. The summed E-state index contributed by atoms with van der Waals surface area (Å²) in [4.78, 5) is 13.8. The first-order valence-electron chi connectivity index (χ1n) is 8.45. The fraction of sp³-hybridized carbons (Fsp3) is 0.350. The molecule has 0 saturated heterocycles. The van der Waals surface area contributed by atoms with Crippen molar-refractivity contribution in [2.24, 2.45) is 0 Å². The molecule has 0 aromatic heterocycles. The molecule has 0 bridgehead atoms. The summed E-state index contributed by atoms with van der Waals surface area (Å²) in [5.74, 6) is 1.69. The van der Waals surface area contributed by atoms with E-state index >= 15 is 0 Å². The van der Waals surface area contributed by atoms with Crippen LogP contribution in [0.2, 0.25) is 5.02 Å². The Morgan fingerprint density at radius 1 is 0.920 bits per heavy atom. The standard InChI is InChI=1S/C20H24ClNO3/c1-22(20(23)13-16-25-18-7-3-2-4-8-18)14-5-6-15-24-19-11-9-17(21)10-12-19/h2-4,7-12H,5-6,13-16H2,1H3. The van der Waals surface area contributed by atoms with Gasteiger partial charge in [0.2, 0.25) is 5.91 Å². The Kier molecular flexibility index (Phi) is 8.13. The largest absolute Gasteiger partial charge is 0.494 e. The van der Waals surface area contributed by atoms with Crippen molar-refractivity contribution in [3.05, 3.63) is 59.6 Å². The molecule has 0 aliphatic heterocycles. The molecule has 0 spiro atoms. The van der Waals surface area contributed by atoms with E-state index in [1.165, 1.54) is 0 Å². The molecule has 2 rings (SSSR count). The number of hydrogen-bond acceptors (Lipinski definition) is 3. The third-order valence-electron chi connectivity index (χ3n) is 3.72. The van der Waals surface area contributed by atoms with Crippen LogP contribution >= 0.6 is 11.6 Å². The van der Waals surface area contributed by atoms with Crippen LogP contribution in [0.1, 0.15) is 19.3 Å².